The predicted molar refractivity (Wildman–Crippen MR) is 114 cm³/mol. The molecule has 4 aliphatic rings. The van der Waals surface area contributed by atoms with Gasteiger partial charge in [0.2, 0.25) is 5.95 Å². The van der Waals surface area contributed by atoms with Crippen molar-refractivity contribution in [3.8, 4) is 0 Å². The zero-order chi connectivity index (χ0) is 20.5. The van der Waals surface area contributed by atoms with Crippen molar-refractivity contribution in [1.29, 1.82) is 0 Å². The van der Waals surface area contributed by atoms with Crippen LogP contribution in [0.1, 0.15) is 87.9 Å². The number of carbonyl (C=O) groups is 1. The zero-order valence-electron chi connectivity index (χ0n) is 17.5. The second-order valence-corrected chi connectivity index (χ2v) is 10.0. The molecule has 160 valence electrons. The molecule has 7 nitrogen and oxygen atoms in total. The van der Waals surface area contributed by atoms with E-state index in [1.54, 1.807) is 0 Å². The minimum atomic E-state index is -0.517. The number of nitrogens with zero attached hydrogens (tertiary/aromatic N) is 2. The fraction of sp³-hybridized carbons (Fsp3) is 0.773. The minimum Gasteiger partial charge on any atom is -0.393 e. The summed E-state index contributed by atoms with van der Waals surface area (Å²) < 4.78 is 0. The van der Waals surface area contributed by atoms with E-state index >= 15 is 0 Å². The highest BCUT2D eigenvalue weighted by Crippen LogP contribution is 2.74. The van der Waals surface area contributed by atoms with Crippen LogP contribution in [0.2, 0.25) is 0 Å². The first-order valence-electron chi connectivity index (χ1n) is 11.2. The normalized spacial score (nSPS) is 32.8. The summed E-state index contributed by atoms with van der Waals surface area (Å²) in [7, 11) is 0. The van der Waals surface area contributed by atoms with Crippen LogP contribution in [-0.4, -0.2) is 39.7 Å². The maximum absolute atomic E-state index is 11.7. The van der Waals surface area contributed by atoms with Gasteiger partial charge >= 0.3 is 0 Å². The Hall–Kier alpha value is -1.89. The monoisotopic (exact) mass is 401 g/mol. The molecular weight excluding hydrogens is 366 g/mol. The van der Waals surface area contributed by atoms with Crippen LogP contribution < -0.4 is 16.4 Å². The molecule has 0 spiro atoms. The lowest BCUT2D eigenvalue weighted by molar-refractivity contribution is -0.195. The standard InChI is InChI=1S/C22H35N5O2/c1-21-12-22(13-21,14-21)9-3-2-4-10-24-19-17(18(23)29)11-25-20(27-19)26-15-5-7-16(28)8-6-15/h11,15-16,28H,2-10,12-14H2,1H3,(H2,23,29)(H2,24,25,26,27). The summed E-state index contributed by atoms with van der Waals surface area (Å²) >= 11 is 0. The molecule has 0 saturated heterocycles. The lowest BCUT2D eigenvalue weighted by Gasteiger charge is -2.70. The van der Waals surface area contributed by atoms with Crippen molar-refractivity contribution in [1.82, 2.24) is 9.97 Å². The second-order valence-electron chi connectivity index (χ2n) is 10.0. The van der Waals surface area contributed by atoms with Crippen molar-refractivity contribution >= 4 is 17.7 Å². The molecule has 0 unspecified atom stereocenters. The van der Waals surface area contributed by atoms with Gasteiger partial charge in [0.25, 0.3) is 5.91 Å². The van der Waals surface area contributed by atoms with Crippen molar-refractivity contribution < 1.29 is 9.90 Å². The number of aliphatic hydroxyl groups is 1. The summed E-state index contributed by atoms with van der Waals surface area (Å²) in [6.45, 7) is 3.19. The highest BCUT2D eigenvalue weighted by atomic mass is 16.3. The molecular formula is C22H35N5O2. The fourth-order valence-corrected chi connectivity index (χ4v) is 6.00. The Balaban J connectivity index is 1.23. The molecule has 1 aromatic rings. The van der Waals surface area contributed by atoms with E-state index in [4.69, 9.17) is 5.73 Å². The van der Waals surface area contributed by atoms with E-state index in [1.807, 2.05) is 0 Å². The molecule has 4 saturated carbocycles. The number of hydrogen-bond acceptors (Lipinski definition) is 6. The Labute approximate surface area is 173 Å². The summed E-state index contributed by atoms with van der Waals surface area (Å²) in [6.07, 6.45) is 13.9. The van der Waals surface area contributed by atoms with Crippen LogP contribution in [0.15, 0.2) is 6.20 Å². The van der Waals surface area contributed by atoms with Crippen LogP contribution in [0.25, 0.3) is 0 Å². The van der Waals surface area contributed by atoms with Crippen LogP contribution in [0.4, 0.5) is 11.8 Å². The topological polar surface area (TPSA) is 113 Å². The average Bonchev–Trinajstić information content (AvgIpc) is 2.64. The molecule has 29 heavy (non-hydrogen) atoms. The number of aromatic nitrogens is 2. The largest absolute Gasteiger partial charge is 0.393 e. The van der Waals surface area contributed by atoms with Crippen molar-refractivity contribution in [2.45, 2.75) is 89.7 Å². The van der Waals surface area contributed by atoms with Crippen molar-refractivity contribution in [3.63, 3.8) is 0 Å². The van der Waals surface area contributed by atoms with E-state index < -0.39 is 5.91 Å². The maximum atomic E-state index is 11.7. The average molecular weight is 402 g/mol. The molecule has 0 radical (unpaired) electrons. The molecule has 5 N–H and O–H groups in total. The van der Waals surface area contributed by atoms with E-state index in [0.29, 0.717) is 28.2 Å². The Bertz CT molecular complexity index is 725. The van der Waals surface area contributed by atoms with Crippen LogP contribution >= 0.6 is 0 Å². The fourth-order valence-electron chi connectivity index (χ4n) is 6.00. The van der Waals surface area contributed by atoms with Gasteiger partial charge in [0.05, 0.1) is 11.7 Å². The molecule has 1 heterocycles. The number of primary amides is 1. The SMILES string of the molecule is CC12CC(CCCCCNc3nc(NC4CCC(O)CC4)ncc3C(N)=O)(C1)C2. The third-order valence-corrected chi connectivity index (χ3v) is 7.17. The van der Waals surface area contributed by atoms with Crippen molar-refractivity contribution in [2.75, 3.05) is 17.2 Å². The van der Waals surface area contributed by atoms with Crippen molar-refractivity contribution in [3.05, 3.63) is 11.8 Å². The number of hydrogen-bond donors (Lipinski definition) is 4. The first-order chi connectivity index (χ1) is 13.9. The number of amides is 1. The molecule has 1 aromatic heterocycles. The molecule has 0 atom stereocenters. The van der Waals surface area contributed by atoms with E-state index in [-0.39, 0.29) is 12.1 Å². The number of carbonyl (C=O) groups excluding carboxylic acids is 1. The van der Waals surface area contributed by atoms with Crippen LogP contribution in [0.3, 0.4) is 0 Å². The van der Waals surface area contributed by atoms with Gasteiger partial charge in [0, 0.05) is 18.8 Å². The van der Waals surface area contributed by atoms with Gasteiger partial charge in [-0.2, -0.15) is 4.98 Å². The van der Waals surface area contributed by atoms with Crippen LogP contribution in [0.5, 0.6) is 0 Å². The summed E-state index contributed by atoms with van der Waals surface area (Å²) in [4.78, 5) is 20.5. The van der Waals surface area contributed by atoms with E-state index in [9.17, 15) is 9.90 Å². The summed E-state index contributed by atoms with van der Waals surface area (Å²) in [5.74, 6) is 0.506. The number of anilines is 2. The van der Waals surface area contributed by atoms with Gasteiger partial charge in [-0.05, 0) is 68.6 Å². The van der Waals surface area contributed by atoms with Gasteiger partial charge in [0.1, 0.15) is 5.82 Å². The Morgan fingerprint density at radius 3 is 2.59 bits per heavy atom. The lowest BCUT2D eigenvalue weighted by Crippen LogP contribution is -2.59. The summed E-state index contributed by atoms with van der Waals surface area (Å²) in [6, 6.07) is 0.255. The molecule has 4 fully saturated rings. The Morgan fingerprint density at radius 2 is 1.93 bits per heavy atom. The summed E-state index contributed by atoms with van der Waals surface area (Å²) in [5.41, 5.74) is 7.22. The third-order valence-electron chi connectivity index (χ3n) is 7.17. The quantitative estimate of drug-likeness (QED) is 0.447. The molecule has 2 bridgehead atoms. The third kappa shape index (κ3) is 4.65. The predicted octanol–water partition coefficient (Wildman–Crippen LogP) is 3.45. The highest BCUT2D eigenvalue weighted by Gasteiger charge is 2.63. The number of unbranched alkanes of at least 4 members (excludes halogenated alkanes) is 2. The molecule has 7 heteroatoms. The molecule has 0 aromatic carbocycles. The number of rotatable bonds is 10. The van der Waals surface area contributed by atoms with Crippen LogP contribution in [0, 0.1) is 10.8 Å². The smallest absolute Gasteiger partial charge is 0.254 e. The number of aliphatic hydroxyl groups excluding tert-OH is 1. The first kappa shape index (κ1) is 20.4. The number of nitrogens with one attached hydrogen (secondary N) is 2. The van der Waals surface area contributed by atoms with Gasteiger partial charge in [-0.3, -0.25) is 4.79 Å². The first-order valence-corrected chi connectivity index (χ1v) is 11.2. The zero-order valence-corrected chi connectivity index (χ0v) is 17.5. The molecule has 0 aliphatic heterocycles. The van der Waals surface area contributed by atoms with Gasteiger partial charge < -0.3 is 21.5 Å². The van der Waals surface area contributed by atoms with Gasteiger partial charge in [0.15, 0.2) is 0 Å². The van der Waals surface area contributed by atoms with E-state index in [0.717, 1.165) is 38.6 Å². The van der Waals surface area contributed by atoms with Gasteiger partial charge in [-0.1, -0.05) is 19.8 Å². The lowest BCUT2D eigenvalue weighted by atomic mass is 9.35. The molecule has 4 aliphatic carbocycles. The van der Waals surface area contributed by atoms with Gasteiger partial charge in [-0.15, -0.1) is 0 Å². The number of nitrogens with two attached hydrogens (primary N) is 1. The van der Waals surface area contributed by atoms with E-state index in [1.165, 1.54) is 44.7 Å². The minimum absolute atomic E-state index is 0.193. The highest BCUT2D eigenvalue weighted by molar-refractivity contribution is 5.97. The van der Waals surface area contributed by atoms with E-state index in [2.05, 4.69) is 27.5 Å². The Morgan fingerprint density at radius 1 is 1.21 bits per heavy atom. The maximum Gasteiger partial charge on any atom is 0.254 e. The Kier molecular flexibility index (Phi) is 5.69. The van der Waals surface area contributed by atoms with Crippen LogP contribution in [-0.2, 0) is 0 Å². The summed E-state index contributed by atoms with van der Waals surface area (Å²) in [5, 5.41) is 16.3. The van der Waals surface area contributed by atoms with Crippen molar-refractivity contribution in [2.24, 2.45) is 16.6 Å². The molecule has 5 rings (SSSR count). The van der Waals surface area contributed by atoms with Gasteiger partial charge in [-0.25, -0.2) is 4.98 Å². The second kappa shape index (κ2) is 8.09. The molecule has 1 amide bonds.